The highest BCUT2D eigenvalue weighted by Gasteiger charge is 2.22. The van der Waals surface area contributed by atoms with Crippen LogP contribution in [0.3, 0.4) is 0 Å². The average molecular weight is 341 g/mol. The molecule has 2 aromatic rings. The molecule has 25 heavy (non-hydrogen) atoms. The van der Waals surface area contributed by atoms with Gasteiger partial charge in [-0.2, -0.15) is 0 Å². The Morgan fingerprint density at radius 1 is 1.28 bits per heavy atom. The number of methoxy groups -OCH3 is 1. The molecule has 6 heteroatoms. The summed E-state index contributed by atoms with van der Waals surface area (Å²) in [6.07, 6.45) is 1.54. The lowest BCUT2D eigenvalue weighted by Crippen LogP contribution is -2.28. The minimum Gasteiger partial charge on any atom is -0.496 e. The second kappa shape index (κ2) is 7.03. The van der Waals surface area contributed by atoms with Crippen molar-refractivity contribution in [3.05, 3.63) is 47.3 Å². The van der Waals surface area contributed by atoms with Crippen LogP contribution in [0, 0.1) is 11.2 Å². The number of nitrogens with zero attached hydrogens (tertiary/aromatic N) is 1. The van der Waals surface area contributed by atoms with E-state index in [0.29, 0.717) is 23.5 Å². The molecule has 0 radical (unpaired) electrons. The summed E-state index contributed by atoms with van der Waals surface area (Å²) in [4.78, 5) is 13.8. The average Bonchev–Trinajstić information content (AvgIpc) is 2.62. The van der Waals surface area contributed by atoms with Gasteiger partial charge in [0.2, 0.25) is 0 Å². The number of nitrogens with one attached hydrogen (secondary N) is 2. The van der Waals surface area contributed by atoms with Gasteiger partial charge in [0.25, 0.3) is 5.91 Å². The van der Waals surface area contributed by atoms with Crippen molar-refractivity contribution in [2.24, 2.45) is 0 Å². The highest BCUT2D eigenvalue weighted by atomic mass is 19.1. The summed E-state index contributed by atoms with van der Waals surface area (Å²) in [5.74, 6) is -0.177. The van der Waals surface area contributed by atoms with Crippen molar-refractivity contribution < 1.29 is 13.9 Å². The number of likely N-dealkylation sites (N-methyl/N-ethyl adjacent to an activating group) is 1. The van der Waals surface area contributed by atoms with Crippen LogP contribution >= 0.6 is 0 Å². The lowest BCUT2D eigenvalue weighted by molar-refractivity contribution is -0.110. The maximum atomic E-state index is 13.8. The van der Waals surface area contributed by atoms with E-state index in [9.17, 15) is 9.18 Å². The van der Waals surface area contributed by atoms with Gasteiger partial charge >= 0.3 is 0 Å². The number of anilines is 1. The third-order valence-corrected chi connectivity index (χ3v) is 4.44. The van der Waals surface area contributed by atoms with Crippen LogP contribution in [-0.4, -0.2) is 37.7 Å². The van der Waals surface area contributed by atoms with Crippen molar-refractivity contribution in [2.75, 3.05) is 26.0 Å². The molecule has 1 heterocycles. The summed E-state index contributed by atoms with van der Waals surface area (Å²) in [6.45, 7) is 1.55. The predicted molar refractivity (Wildman–Crippen MR) is 95.8 cm³/mol. The van der Waals surface area contributed by atoms with Gasteiger partial charge in [0.15, 0.2) is 0 Å². The molecule has 0 aromatic heterocycles. The minimum atomic E-state index is -0.466. The number of carbonyl (C=O) groups excluding carboxylic acids is 1. The molecule has 0 bridgehead atoms. The second-order valence-corrected chi connectivity index (χ2v) is 6.08. The van der Waals surface area contributed by atoms with E-state index in [1.165, 1.54) is 12.1 Å². The number of hydrogen-bond acceptors (Lipinski definition) is 4. The van der Waals surface area contributed by atoms with E-state index in [1.807, 2.05) is 13.1 Å². The van der Waals surface area contributed by atoms with Crippen molar-refractivity contribution in [2.45, 2.75) is 13.0 Å². The van der Waals surface area contributed by atoms with E-state index < -0.39 is 5.91 Å². The van der Waals surface area contributed by atoms with Crippen molar-refractivity contribution in [3.8, 4) is 16.9 Å². The predicted octanol–water partition coefficient (Wildman–Crippen LogP) is 3.08. The number of fused-ring (bicyclic) bond motifs is 1. The first kappa shape index (κ1) is 17.1. The smallest absolute Gasteiger partial charge is 0.266 e. The maximum Gasteiger partial charge on any atom is 0.266 e. The van der Waals surface area contributed by atoms with Gasteiger partial charge in [-0.05, 0) is 54.4 Å². The zero-order chi connectivity index (χ0) is 18.0. The minimum absolute atomic E-state index is 0.321. The largest absolute Gasteiger partial charge is 0.496 e. The van der Waals surface area contributed by atoms with Gasteiger partial charge in [-0.25, -0.2) is 4.39 Å². The Morgan fingerprint density at radius 2 is 2.08 bits per heavy atom. The Bertz CT molecular complexity index is 836. The number of carbonyl (C=O) groups is 1. The molecule has 0 saturated heterocycles. The molecule has 3 rings (SSSR count). The van der Waals surface area contributed by atoms with Crippen LogP contribution in [0.4, 0.5) is 10.1 Å². The third kappa shape index (κ3) is 3.39. The van der Waals surface area contributed by atoms with Gasteiger partial charge < -0.3 is 20.4 Å². The van der Waals surface area contributed by atoms with E-state index in [0.717, 1.165) is 35.9 Å². The standard InChI is InChI=1S/C19H20FN3O2/c1-23-8-7-14-13(15-9-12(20)3-6-18(15)25-2)4-5-17(16(14)11-23)22-19(24)10-21/h3-6,9-10,21H,7-8,11H2,1-2H3,(H,22,24). The fourth-order valence-electron chi connectivity index (χ4n) is 3.24. The summed E-state index contributed by atoms with van der Waals surface area (Å²) in [7, 11) is 3.58. The van der Waals surface area contributed by atoms with Crippen LogP contribution in [0.15, 0.2) is 30.3 Å². The molecule has 0 saturated carbocycles. The second-order valence-electron chi connectivity index (χ2n) is 6.08. The fraction of sp³-hybridized carbons (Fsp3) is 0.263. The molecule has 5 nitrogen and oxygen atoms in total. The van der Waals surface area contributed by atoms with Gasteiger partial charge in [0.05, 0.1) is 13.3 Å². The molecule has 0 spiro atoms. The Hall–Kier alpha value is -2.73. The van der Waals surface area contributed by atoms with Crippen LogP contribution in [0.5, 0.6) is 5.75 Å². The van der Waals surface area contributed by atoms with E-state index >= 15 is 0 Å². The van der Waals surface area contributed by atoms with Crippen molar-refractivity contribution >= 4 is 17.8 Å². The summed E-state index contributed by atoms with van der Waals surface area (Å²) >= 11 is 0. The number of rotatable bonds is 4. The third-order valence-electron chi connectivity index (χ3n) is 4.44. The summed E-state index contributed by atoms with van der Waals surface area (Å²) < 4.78 is 19.2. The highest BCUT2D eigenvalue weighted by Crippen LogP contribution is 2.38. The Kier molecular flexibility index (Phi) is 4.81. The first-order valence-electron chi connectivity index (χ1n) is 8.02. The Labute approximate surface area is 145 Å². The van der Waals surface area contributed by atoms with E-state index in [-0.39, 0.29) is 5.82 Å². The quantitative estimate of drug-likeness (QED) is 0.840. The molecule has 1 aliphatic heterocycles. The normalized spacial score (nSPS) is 13.9. The summed E-state index contributed by atoms with van der Waals surface area (Å²) in [6, 6.07) is 8.15. The number of amides is 1. The monoisotopic (exact) mass is 341 g/mol. The first-order valence-corrected chi connectivity index (χ1v) is 8.02. The molecule has 2 N–H and O–H groups in total. The number of benzene rings is 2. The lowest BCUT2D eigenvalue weighted by atomic mass is 9.89. The van der Waals surface area contributed by atoms with Crippen LogP contribution in [0.1, 0.15) is 11.1 Å². The Balaban J connectivity index is 2.16. The summed E-state index contributed by atoms with van der Waals surface area (Å²) in [5, 5.41) is 9.83. The molecule has 2 aromatic carbocycles. The van der Waals surface area contributed by atoms with Crippen LogP contribution in [0.25, 0.3) is 11.1 Å². The lowest BCUT2D eigenvalue weighted by Gasteiger charge is -2.29. The molecule has 0 unspecified atom stereocenters. The van der Waals surface area contributed by atoms with Crippen molar-refractivity contribution in [1.29, 1.82) is 5.41 Å². The molecule has 1 amide bonds. The number of hydrogen-bond donors (Lipinski definition) is 2. The topological polar surface area (TPSA) is 65.4 Å². The molecule has 130 valence electrons. The Morgan fingerprint density at radius 3 is 2.80 bits per heavy atom. The molecular formula is C19H20FN3O2. The van der Waals surface area contributed by atoms with Gasteiger partial charge in [-0.15, -0.1) is 0 Å². The van der Waals surface area contributed by atoms with Crippen LogP contribution in [0.2, 0.25) is 0 Å². The number of halogens is 1. The number of ether oxygens (including phenoxy) is 1. The molecule has 0 fully saturated rings. The zero-order valence-corrected chi connectivity index (χ0v) is 14.2. The van der Waals surface area contributed by atoms with Crippen molar-refractivity contribution in [3.63, 3.8) is 0 Å². The van der Waals surface area contributed by atoms with Gasteiger partial charge in [-0.3, -0.25) is 4.79 Å². The van der Waals surface area contributed by atoms with Gasteiger partial charge in [-0.1, -0.05) is 6.07 Å². The first-order chi connectivity index (χ1) is 12.0. The van der Waals surface area contributed by atoms with E-state index in [1.54, 1.807) is 19.2 Å². The summed E-state index contributed by atoms with van der Waals surface area (Å²) in [5.41, 5.74) is 4.37. The van der Waals surface area contributed by atoms with Crippen molar-refractivity contribution in [1.82, 2.24) is 4.90 Å². The maximum absolute atomic E-state index is 13.8. The highest BCUT2D eigenvalue weighted by molar-refractivity contribution is 6.30. The molecule has 0 aliphatic carbocycles. The van der Waals surface area contributed by atoms with Gasteiger partial charge in [0.1, 0.15) is 11.6 Å². The fourth-order valence-corrected chi connectivity index (χ4v) is 3.24. The van der Waals surface area contributed by atoms with E-state index in [2.05, 4.69) is 10.2 Å². The van der Waals surface area contributed by atoms with Crippen LogP contribution < -0.4 is 10.1 Å². The zero-order valence-electron chi connectivity index (χ0n) is 14.2. The van der Waals surface area contributed by atoms with E-state index in [4.69, 9.17) is 10.1 Å². The molecule has 0 atom stereocenters. The van der Waals surface area contributed by atoms with Crippen LogP contribution in [-0.2, 0) is 17.8 Å². The molecule has 1 aliphatic rings. The SMILES string of the molecule is COc1ccc(F)cc1-c1ccc(NC(=O)C=N)c2c1CCN(C)C2. The molecular weight excluding hydrogens is 321 g/mol. The van der Waals surface area contributed by atoms with Gasteiger partial charge in [0, 0.05) is 24.3 Å².